The van der Waals surface area contributed by atoms with Gasteiger partial charge in [0.2, 0.25) is 0 Å². The number of methoxy groups -OCH3 is 1. The van der Waals surface area contributed by atoms with E-state index in [2.05, 4.69) is 18.0 Å². The highest BCUT2D eigenvalue weighted by Crippen LogP contribution is 2.13. The number of halogens is 1. The molecule has 0 aliphatic heterocycles. The molecule has 0 spiro atoms. The predicted octanol–water partition coefficient (Wildman–Crippen LogP) is 2.88. The van der Waals surface area contributed by atoms with Gasteiger partial charge in [0.1, 0.15) is 5.75 Å². The fraction of sp³-hybridized carbons (Fsp3) is 0.333. The van der Waals surface area contributed by atoms with E-state index in [0.29, 0.717) is 0 Å². The molecule has 0 aliphatic carbocycles. The summed E-state index contributed by atoms with van der Waals surface area (Å²) in [6.45, 7) is 1.74. The topological polar surface area (TPSA) is 12.5 Å². The van der Waals surface area contributed by atoms with Crippen LogP contribution in [-0.4, -0.2) is 25.6 Å². The number of rotatable bonds is 5. The summed E-state index contributed by atoms with van der Waals surface area (Å²) in [5.74, 6) is 0.897. The molecule has 0 heterocycles. The summed E-state index contributed by atoms with van der Waals surface area (Å²) in [5, 5.41) is 0. The van der Waals surface area contributed by atoms with Gasteiger partial charge in [-0.25, -0.2) is 0 Å². The van der Waals surface area contributed by atoms with Gasteiger partial charge in [0.05, 0.1) is 7.11 Å². The van der Waals surface area contributed by atoms with Crippen LogP contribution >= 0.6 is 11.6 Å². The Hall–Kier alpha value is -0.990. The highest BCUT2D eigenvalue weighted by atomic mass is 35.5. The van der Waals surface area contributed by atoms with Gasteiger partial charge in [-0.1, -0.05) is 29.8 Å². The molecule has 0 fully saturated rings. The van der Waals surface area contributed by atoms with Crippen molar-refractivity contribution in [2.75, 3.05) is 20.7 Å². The van der Waals surface area contributed by atoms with Crippen molar-refractivity contribution in [2.24, 2.45) is 0 Å². The maximum absolute atomic E-state index is 5.47. The van der Waals surface area contributed by atoms with Gasteiger partial charge in [-0.05, 0) is 24.7 Å². The van der Waals surface area contributed by atoms with Crippen LogP contribution in [0.4, 0.5) is 0 Å². The Morgan fingerprint density at radius 1 is 1.47 bits per heavy atom. The van der Waals surface area contributed by atoms with E-state index in [0.717, 1.165) is 18.8 Å². The first-order chi connectivity index (χ1) is 7.26. The summed E-state index contributed by atoms with van der Waals surface area (Å²) >= 11 is 5.47. The minimum Gasteiger partial charge on any atom is -0.497 e. The minimum atomic E-state index is 0.848. The van der Waals surface area contributed by atoms with Crippen molar-refractivity contribution in [1.82, 2.24) is 4.90 Å². The molecule has 1 aromatic carbocycles. The van der Waals surface area contributed by atoms with Gasteiger partial charge < -0.3 is 4.74 Å². The van der Waals surface area contributed by atoms with Crippen molar-refractivity contribution in [3.8, 4) is 5.75 Å². The maximum Gasteiger partial charge on any atom is 0.119 e. The highest BCUT2D eigenvalue weighted by molar-refractivity contribution is 6.25. The summed E-state index contributed by atoms with van der Waals surface area (Å²) in [7, 11) is 3.73. The minimum absolute atomic E-state index is 0.848. The quantitative estimate of drug-likeness (QED) is 0.764. The van der Waals surface area contributed by atoms with Gasteiger partial charge in [0.15, 0.2) is 0 Å². The van der Waals surface area contributed by atoms with Crippen LogP contribution in [0.5, 0.6) is 5.75 Å². The van der Waals surface area contributed by atoms with Crippen molar-refractivity contribution in [2.45, 2.75) is 6.54 Å². The monoisotopic (exact) mass is 225 g/mol. The summed E-state index contributed by atoms with van der Waals surface area (Å²) in [6.07, 6.45) is 1.92. The van der Waals surface area contributed by atoms with Crippen LogP contribution < -0.4 is 4.74 Å². The van der Waals surface area contributed by atoms with E-state index in [-0.39, 0.29) is 0 Å². The first-order valence-electron chi connectivity index (χ1n) is 4.83. The zero-order valence-electron chi connectivity index (χ0n) is 9.11. The summed E-state index contributed by atoms with van der Waals surface area (Å²) in [6, 6.07) is 8.08. The molecule has 0 saturated heterocycles. The third kappa shape index (κ3) is 4.36. The summed E-state index contributed by atoms with van der Waals surface area (Å²) < 4.78 is 5.16. The second kappa shape index (κ2) is 6.49. The highest BCUT2D eigenvalue weighted by Gasteiger charge is 1.99. The molecular weight excluding hydrogens is 210 g/mol. The molecule has 0 bridgehead atoms. The Morgan fingerprint density at radius 3 is 2.93 bits per heavy atom. The van der Waals surface area contributed by atoms with Crippen molar-refractivity contribution in [3.05, 3.63) is 41.4 Å². The van der Waals surface area contributed by atoms with Crippen LogP contribution in [-0.2, 0) is 6.54 Å². The Bertz CT molecular complexity index is 325. The number of likely N-dealkylation sites (N-methyl/N-ethyl adjacent to an activating group) is 1. The molecule has 0 N–H and O–H groups in total. The van der Waals surface area contributed by atoms with Gasteiger partial charge in [-0.3, -0.25) is 4.90 Å². The SMILES string of the molecule is COc1cccc(CN(C)C/C=C/Cl)c1. The average molecular weight is 226 g/mol. The molecule has 0 radical (unpaired) electrons. The second-order valence-electron chi connectivity index (χ2n) is 3.41. The van der Waals surface area contributed by atoms with E-state index in [1.807, 2.05) is 24.3 Å². The van der Waals surface area contributed by atoms with Crippen LogP contribution in [0, 0.1) is 0 Å². The first-order valence-corrected chi connectivity index (χ1v) is 5.26. The Morgan fingerprint density at radius 2 is 2.27 bits per heavy atom. The standard InChI is InChI=1S/C12H16ClNO/c1-14(8-4-7-13)10-11-5-3-6-12(9-11)15-2/h3-7,9H,8,10H2,1-2H3/b7-4+. The summed E-state index contributed by atoms with van der Waals surface area (Å²) in [4.78, 5) is 2.17. The van der Waals surface area contributed by atoms with Gasteiger partial charge in [0, 0.05) is 18.6 Å². The van der Waals surface area contributed by atoms with Gasteiger partial charge in [0.25, 0.3) is 0 Å². The van der Waals surface area contributed by atoms with Gasteiger partial charge in [-0.2, -0.15) is 0 Å². The molecule has 82 valence electrons. The number of hydrogen-bond acceptors (Lipinski definition) is 2. The van der Waals surface area contributed by atoms with E-state index in [4.69, 9.17) is 16.3 Å². The maximum atomic E-state index is 5.47. The van der Waals surface area contributed by atoms with E-state index >= 15 is 0 Å². The molecule has 2 nitrogen and oxygen atoms in total. The lowest BCUT2D eigenvalue weighted by atomic mass is 10.2. The smallest absolute Gasteiger partial charge is 0.119 e. The van der Waals surface area contributed by atoms with Crippen molar-refractivity contribution < 1.29 is 4.74 Å². The molecule has 0 unspecified atom stereocenters. The second-order valence-corrected chi connectivity index (χ2v) is 3.66. The first kappa shape index (κ1) is 12.1. The molecule has 3 heteroatoms. The number of ether oxygens (including phenoxy) is 1. The molecule has 0 atom stereocenters. The normalized spacial score (nSPS) is 11.2. The lowest BCUT2D eigenvalue weighted by Crippen LogP contribution is -2.17. The zero-order chi connectivity index (χ0) is 11.1. The van der Waals surface area contributed by atoms with E-state index in [9.17, 15) is 0 Å². The van der Waals surface area contributed by atoms with Gasteiger partial charge in [-0.15, -0.1) is 0 Å². The molecule has 1 aromatic rings. The fourth-order valence-corrected chi connectivity index (χ4v) is 1.45. The molecule has 0 amide bonds. The van der Waals surface area contributed by atoms with Crippen LogP contribution in [0.1, 0.15) is 5.56 Å². The van der Waals surface area contributed by atoms with Gasteiger partial charge >= 0.3 is 0 Å². The molecule has 0 aromatic heterocycles. The van der Waals surface area contributed by atoms with E-state index < -0.39 is 0 Å². The van der Waals surface area contributed by atoms with E-state index in [1.165, 1.54) is 5.56 Å². The number of benzene rings is 1. The van der Waals surface area contributed by atoms with Crippen LogP contribution in [0.2, 0.25) is 0 Å². The third-order valence-electron chi connectivity index (χ3n) is 2.09. The molecular formula is C12H16ClNO. The molecule has 1 rings (SSSR count). The van der Waals surface area contributed by atoms with Crippen molar-refractivity contribution >= 4 is 11.6 Å². The number of hydrogen-bond donors (Lipinski definition) is 0. The largest absolute Gasteiger partial charge is 0.497 e. The predicted molar refractivity (Wildman–Crippen MR) is 64.3 cm³/mol. The Balaban J connectivity index is 2.55. The molecule has 15 heavy (non-hydrogen) atoms. The molecule has 0 saturated carbocycles. The lowest BCUT2D eigenvalue weighted by molar-refractivity contribution is 0.361. The zero-order valence-corrected chi connectivity index (χ0v) is 9.87. The van der Waals surface area contributed by atoms with Crippen LogP contribution in [0.3, 0.4) is 0 Å². The Labute approximate surface area is 96.1 Å². The Kier molecular flexibility index (Phi) is 5.22. The molecule has 0 aliphatic rings. The van der Waals surface area contributed by atoms with Crippen LogP contribution in [0.15, 0.2) is 35.9 Å². The summed E-state index contributed by atoms with van der Waals surface area (Å²) in [5.41, 5.74) is 2.78. The fourth-order valence-electron chi connectivity index (χ4n) is 1.37. The lowest BCUT2D eigenvalue weighted by Gasteiger charge is -2.14. The average Bonchev–Trinajstić information content (AvgIpc) is 2.26. The van der Waals surface area contributed by atoms with Crippen molar-refractivity contribution in [3.63, 3.8) is 0 Å². The number of nitrogens with zero attached hydrogens (tertiary/aromatic N) is 1. The van der Waals surface area contributed by atoms with Crippen LogP contribution in [0.25, 0.3) is 0 Å². The third-order valence-corrected chi connectivity index (χ3v) is 2.27. The van der Waals surface area contributed by atoms with Crippen molar-refractivity contribution in [1.29, 1.82) is 0 Å². The van der Waals surface area contributed by atoms with E-state index in [1.54, 1.807) is 12.6 Å².